The highest BCUT2D eigenvalue weighted by atomic mass is 14.5. The van der Waals surface area contributed by atoms with Gasteiger partial charge in [0.2, 0.25) is 0 Å². The van der Waals surface area contributed by atoms with Gasteiger partial charge in [-0.05, 0) is 102 Å². The van der Waals surface area contributed by atoms with Gasteiger partial charge in [0.1, 0.15) is 0 Å². The van der Waals surface area contributed by atoms with Gasteiger partial charge < -0.3 is 11.5 Å². The van der Waals surface area contributed by atoms with Crippen LogP contribution in [0.4, 0.5) is 11.4 Å². The number of nitrogens with two attached hydrogens (primary N) is 2. The Labute approximate surface area is 420 Å². The third-order valence-electron chi connectivity index (χ3n) is 16.5. The number of hydrogen-bond donors (Lipinski definition) is 2. The molecule has 2 nitrogen and oxygen atoms in total. The van der Waals surface area contributed by atoms with Crippen molar-refractivity contribution in [3.63, 3.8) is 0 Å². The molecule has 1 saturated carbocycles. The lowest BCUT2D eigenvalue weighted by atomic mass is 9.62. The van der Waals surface area contributed by atoms with E-state index in [0.717, 1.165) is 17.3 Å². The molecule has 68 heavy (non-hydrogen) atoms. The Bertz CT molecular complexity index is 1700. The van der Waals surface area contributed by atoms with E-state index in [0.29, 0.717) is 11.8 Å². The summed E-state index contributed by atoms with van der Waals surface area (Å²) in [6, 6.07) is 37.8. The minimum absolute atomic E-state index is 0.0489. The molecule has 0 spiro atoms. The van der Waals surface area contributed by atoms with Crippen molar-refractivity contribution in [2.45, 2.75) is 263 Å². The van der Waals surface area contributed by atoms with Gasteiger partial charge in [-0.1, -0.05) is 280 Å². The third-order valence-corrected chi connectivity index (χ3v) is 16.5. The first-order valence-electron chi connectivity index (χ1n) is 29.4. The lowest BCUT2D eigenvalue weighted by Gasteiger charge is -2.42. The van der Waals surface area contributed by atoms with Gasteiger partial charge in [-0.25, -0.2) is 0 Å². The Hall–Kier alpha value is -3.52. The van der Waals surface area contributed by atoms with Crippen LogP contribution in [0.15, 0.2) is 97.1 Å². The quantitative estimate of drug-likeness (QED) is 0.0350. The minimum atomic E-state index is 0.0489. The molecule has 376 valence electrons. The van der Waals surface area contributed by atoms with Crippen LogP contribution in [0.1, 0.15) is 291 Å². The molecule has 1 aliphatic rings. The summed E-state index contributed by atoms with van der Waals surface area (Å²) in [7, 11) is 0. The van der Waals surface area contributed by atoms with E-state index in [1.165, 1.54) is 258 Å². The first-order valence-corrected chi connectivity index (χ1v) is 29.4. The molecule has 0 aromatic heterocycles. The van der Waals surface area contributed by atoms with Gasteiger partial charge in [0.05, 0.1) is 0 Å². The second-order valence-corrected chi connectivity index (χ2v) is 21.9. The van der Waals surface area contributed by atoms with Gasteiger partial charge in [-0.15, -0.1) is 0 Å². The van der Waals surface area contributed by atoms with Gasteiger partial charge in [-0.2, -0.15) is 0 Å². The maximum Gasteiger partial charge on any atom is 0.0314 e. The molecule has 2 unspecified atom stereocenters. The molecule has 4 N–H and O–H groups in total. The summed E-state index contributed by atoms with van der Waals surface area (Å²) >= 11 is 0. The molecule has 0 bridgehead atoms. The molecule has 4 aromatic rings. The zero-order chi connectivity index (χ0) is 47.9. The molecule has 1 aliphatic carbocycles. The van der Waals surface area contributed by atoms with Crippen LogP contribution in [-0.4, -0.2) is 0 Å². The fourth-order valence-corrected chi connectivity index (χ4v) is 12.0. The lowest BCUT2D eigenvalue weighted by Crippen LogP contribution is -2.33. The summed E-state index contributed by atoms with van der Waals surface area (Å²) in [5, 5.41) is 0. The number of rotatable bonds is 37. The second-order valence-electron chi connectivity index (χ2n) is 21.9. The normalized spacial score (nSPS) is 17.1. The molecule has 0 amide bonds. The zero-order valence-corrected chi connectivity index (χ0v) is 44.4. The van der Waals surface area contributed by atoms with Gasteiger partial charge in [-0.3, -0.25) is 0 Å². The van der Waals surface area contributed by atoms with Crippen molar-refractivity contribution >= 4 is 11.4 Å². The molecule has 2 atom stereocenters. The van der Waals surface area contributed by atoms with Crippen molar-refractivity contribution in [3.05, 3.63) is 130 Å². The maximum absolute atomic E-state index is 6.23. The first-order chi connectivity index (χ1) is 33.5. The summed E-state index contributed by atoms with van der Waals surface area (Å²) in [6.07, 6.45) is 47.7. The maximum atomic E-state index is 6.23. The van der Waals surface area contributed by atoms with Crippen molar-refractivity contribution in [1.29, 1.82) is 0 Å². The Morgan fingerprint density at radius 2 is 0.618 bits per heavy atom. The minimum Gasteiger partial charge on any atom is -0.399 e. The largest absolute Gasteiger partial charge is 0.399 e. The summed E-state index contributed by atoms with van der Waals surface area (Å²) in [5.41, 5.74) is 23.0. The van der Waals surface area contributed by atoms with Gasteiger partial charge in [0.15, 0.2) is 0 Å². The number of hydrogen-bond acceptors (Lipinski definition) is 2. The molecule has 0 heterocycles. The highest BCUT2D eigenvalue weighted by molar-refractivity contribution is 5.47. The fourth-order valence-electron chi connectivity index (χ4n) is 12.0. The molecule has 1 fully saturated rings. The zero-order valence-electron chi connectivity index (χ0n) is 44.4. The summed E-state index contributed by atoms with van der Waals surface area (Å²) in [4.78, 5) is 0. The highest BCUT2D eigenvalue weighted by Gasteiger charge is 2.38. The third kappa shape index (κ3) is 19.3. The number of nitrogen functional groups attached to an aromatic ring is 2. The van der Waals surface area contributed by atoms with E-state index in [4.69, 9.17) is 11.5 Å². The second kappa shape index (κ2) is 33.1. The van der Waals surface area contributed by atoms with Crippen LogP contribution in [0.2, 0.25) is 0 Å². The van der Waals surface area contributed by atoms with Crippen LogP contribution in [0.3, 0.4) is 0 Å². The molecule has 0 aliphatic heterocycles. The standard InChI is InChI=1S/C66H102N2/c1-4-7-10-13-16-19-21-24-27-30-33-64(58-39-47-62(67)48-40-58)56-35-43-60(44-36-56)66(53-51-55(52-54-66)32-29-26-23-18-15-12-9-6-3)61-45-37-57(38-46-61)65(59-41-49-63(68)50-42-59)34-31-28-25-22-20-17-14-11-8-5-2/h35-50,55,64-65H,4-34,51-54,67-68H2,1-3H3. The first kappa shape index (κ1) is 55.4. The monoisotopic (exact) mass is 923 g/mol. The van der Waals surface area contributed by atoms with Crippen LogP contribution in [0.5, 0.6) is 0 Å². The Morgan fingerprint density at radius 1 is 0.353 bits per heavy atom. The van der Waals surface area contributed by atoms with Crippen molar-refractivity contribution in [1.82, 2.24) is 0 Å². The van der Waals surface area contributed by atoms with Crippen molar-refractivity contribution in [2.75, 3.05) is 11.5 Å². The van der Waals surface area contributed by atoms with Crippen LogP contribution >= 0.6 is 0 Å². The Balaban J connectivity index is 1.30. The molecule has 5 rings (SSSR count). The van der Waals surface area contributed by atoms with Gasteiger partial charge in [0.25, 0.3) is 0 Å². The van der Waals surface area contributed by atoms with Crippen molar-refractivity contribution in [2.24, 2.45) is 5.92 Å². The Morgan fingerprint density at radius 3 is 0.926 bits per heavy atom. The Kier molecular flexibility index (Phi) is 27.0. The summed E-state index contributed by atoms with van der Waals surface area (Å²) in [6.45, 7) is 6.94. The summed E-state index contributed by atoms with van der Waals surface area (Å²) < 4.78 is 0. The van der Waals surface area contributed by atoms with E-state index in [1.54, 1.807) is 0 Å². The van der Waals surface area contributed by atoms with E-state index in [2.05, 4.69) is 118 Å². The topological polar surface area (TPSA) is 52.0 Å². The molecular formula is C66H102N2. The van der Waals surface area contributed by atoms with E-state index >= 15 is 0 Å². The molecular weight excluding hydrogens is 821 g/mol. The average molecular weight is 924 g/mol. The van der Waals surface area contributed by atoms with Crippen LogP contribution < -0.4 is 11.5 Å². The molecule has 2 heteroatoms. The number of anilines is 2. The summed E-state index contributed by atoms with van der Waals surface area (Å²) in [5.74, 6) is 1.66. The van der Waals surface area contributed by atoms with Crippen LogP contribution in [0.25, 0.3) is 0 Å². The van der Waals surface area contributed by atoms with Crippen LogP contribution in [-0.2, 0) is 5.41 Å². The number of unbranched alkanes of at least 4 members (excludes halogenated alkanes) is 25. The van der Waals surface area contributed by atoms with Crippen molar-refractivity contribution in [3.8, 4) is 0 Å². The van der Waals surface area contributed by atoms with E-state index < -0.39 is 0 Å². The van der Waals surface area contributed by atoms with Crippen molar-refractivity contribution < 1.29 is 0 Å². The molecule has 0 saturated heterocycles. The predicted octanol–water partition coefficient (Wildman–Crippen LogP) is 20.7. The predicted molar refractivity (Wildman–Crippen MR) is 301 cm³/mol. The lowest BCUT2D eigenvalue weighted by molar-refractivity contribution is 0.250. The van der Waals surface area contributed by atoms with E-state index in [1.807, 2.05) is 0 Å². The van der Waals surface area contributed by atoms with E-state index in [9.17, 15) is 0 Å². The van der Waals surface area contributed by atoms with Gasteiger partial charge >= 0.3 is 0 Å². The number of benzene rings is 4. The highest BCUT2D eigenvalue weighted by Crippen LogP contribution is 2.48. The van der Waals surface area contributed by atoms with Crippen LogP contribution in [0, 0.1) is 5.92 Å². The van der Waals surface area contributed by atoms with E-state index in [-0.39, 0.29) is 5.41 Å². The van der Waals surface area contributed by atoms with Gasteiger partial charge in [0, 0.05) is 28.6 Å². The fraction of sp³-hybridized carbons (Fsp3) is 0.636. The SMILES string of the molecule is CCCCCCCCCCCCC(c1ccc(N)cc1)c1ccc(C2(c3ccc(C(CCCCCCCCCCCC)c4ccc(N)cc4)cc3)CCC(CCCCCCCCCC)CC2)cc1. The average Bonchev–Trinajstić information content (AvgIpc) is 3.37. The molecule has 0 radical (unpaired) electrons. The molecule has 4 aromatic carbocycles. The smallest absolute Gasteiger partial charge is 0.0314 e.